The molecule has 23 heavy (non-hydrogen) atoms. The van der Waals surface area contributed by atoms with Crippen LogP contribution in [0.5, 0.6) is 0 Å². The molecule has 0 radical (unpaired) electrons. The first kappa shape index (κ1) is 24.9. The van der Waals surface area contributed by atoms with Gasteiger partial charge in [0, 0.05) is 12.4 Å². The third-order valence-electron chi connectivity index (χ3n) is 3.73. The minimum Gasteiger partial charge on any atom is -0.550 e. The molecular weight excluding hydrogens is 302 g/mol. The molecule has 0 unspecified atom stereocenters. The van der Waals surface area contributed by atoms with Crippen molar-refractivity contribution in [1.82, 2.24) is 0 Å². The van der Waals surface area contributed by atoms with Crippen molar-refractivity contribution in [2.45, 2.75) is 79.1 Å². The van der Waals surface area contributed by atoms with Crippen molar-refractivity contribution in [2.24, 2.45) is 0 Å². The molecule has 0 saturated carbocycles. The van der Waals surface area contributed by atoms with Crippen molar-refractivity contribution in [3.05, 3.63) is 34.6 Å². The van der Waals surface area contributed by atoms with Gasteiger partial charge in [0.1, 0.15) is 5.82 Å². The van der Waals surface area contributed by atoms with E-state index in [9.17, 15) is 14.3 Å². The van der Waals surface area contributed by atoms with Gasteiger partial charge in [-0.2, -0.15) is 0 Å². The minimum absolute atomic E-state index is 0. The van der Waals surface area contributed by atoms with Gasteiger partial charge >= 0.3 is 29.6 Å². The normalized spacial score (nSPS) is 9.87. The molecule has 0 aromatic heterocycles. The SMILES string of the molecule is C.CCCCCc1cc(CC(=O)[O-])cc(CCCCC)c1F.[Na+]. The van der Waals surface area contributed by atoms with E-state index in [1.807, 2.05) is 0 Å². The molecule has 0 heterocycles. The Balaban J connectivity index is 0. The van der Waals surface area contributed by atoms with E-state index in [2.05, 4.69) is 13.8 Å². The summed E-state index contributed by atoms with van der Waals surface area (Å²) in [5.41, 5.74) is 1.98. The average molecular weight is 332 g/mol. The Labute approximate surface area is 163 Å². The Morgan fingerprint density at radius 2 is 1.43 bits per heavy atom. The summed E-state index contributed by atoms with van der Waals surface area (Å²) in [4.78, 5) is 10.8. The molecule has 126 valence electrons. The van der Waals surface area contributed by atoms with Crippen LogP contribution in [0.25, 0.3) is 0 Å². The zero-order valence-electron chi connectivity index (χ0n) is 14.2. The number of carbonyl (C=O) groups excluding carboxylic acids is 1. The average Bonchev–Trinajstić information content (AvgIpc) is 2.43. The Morgan fingerprint density at radius 1 is 1.00 bits per heavy atom. The number of unbranched alkanes of at least 4 members (excludes halogenated alkanes) is 4. The summed E-state index contributed by atoms with van der Waals surface area (Å²) in [6.07, 6.45) is 7.41. The van der Waals surface area contributed by atoms with Gasteiger partial charge in [-0.3, -0.25) is 0 Å². The van der Waals surface area contributed by atoms with Gasteiger partial charge in [0.05, 0.1) is 0 Å². The maximum Gasteiger partial charge on any atom is 1.00 e. The summed E-state index contributed by atoms with van der Waals surface area (Å²) in [5, 5.41) is 10.8. The first-order valence-corrected chi connectivity index (χ1v) is 8.08. The Morgan fingerprint density at radius 3 is 1.78 bits per heavy atom. The molecule has 1 rings (SSSR count). The minimum atomic E-state index is -1.11. The molecule has 1 aromatic carbocycles. The molecule has 0 spiro atoms. The van der Waals surface area contributed by atoms with Gasteiger partial charge in [-0.25, -0.2) is 4.39 Å². The Hall–Kier alpha value is -0.380. The molecule has 0 aliphatic carbocycles. The van der Waals surface area contributed by atoms with Gasteiger partial charge in [0.25, 0.3) is 0 Å². The number of carbonyl (C=O) groups is 1. The summed E-state index contributed by atoms with van der Waals surface area (Å²) >= 11 is 0. The Kier molecular flexibility index (Phi) is 15.1. The number of carboxylic acid groups (broad SMARTS) is 1. The predicted molar refractivity (Wildman–Crippen MR) is 88.3 cm³/mol. The zero-order chi connectivity index (χ0) is 15.7. The van der Waals surface area contributed by atoms with Crippen molar-refractivity contribution in [2.75, 3.05) is 0 Å². The maximum atomic E-state index is 14.5. The molecule has 0 bridgehead atoms. The van der Waals surface area contributed by atoms with E-state index in [-0.39, 0.29) is 49.2 Å². The Bertz CT molecular complexity index is 430. The second-order valence-corrected chi connectivity index (χ2v) is 5.69. The summed E-state index contributed by atoms with van der Waals surface area (Å²) in [5.74, 6) is -1.25. The van der Waals surface area contributed by atoms with E-state index < -0.39 is 5.97 Å². The van der Waals surface area contributed by atoms with Crippen molar-refractivity contribution in [3.63, 3.8) is 0 Å². The molecule has 0 amide bonds. The van der Waals surface area contributed by atoms with Gasteiger partial charge in [-0.15, -0.1) is 0 Å². The van der Waals surface area contributed by atoms with Gasteiger partial charge in [0.15, 0.2) is 0 Å². The van der Waals surface area contributed by atoms with Crippen LogP contribution in [-0.2, 0) is 24.1 Å². The van der Waals surface area contributed by atoms with E-state index in [4.69, 9.17) is 0 Å². The van der Waals surface area contributed by atoms with Crippen molar-refractivity contribution in [1.29, 1.82) is 0 Å². The largest absolute Gasteiger partial charge is 1.00 e. The van der Waals surface area contributed by atoms with Crippen LogP contribution in [0.4, 0.5) is 4.39 Å². The molecule has 0 fully saturated rings. The molecule has 0 atom stereocenters. The van der Waals surface area contributed by atoms with Gasteiger partial charge in [-0.1, -0.05) is 59.1 Å². The first-order valence-electron chi connectivity index (χ1n) is 8.08. The number of benzene rings is 1. The second-order valence-electron chi connectivity index (χ2n) is 5.69. The quantitative estimate of drug-likeness (QED) is 0.477. The zero-order valence-corrected chi connectivity index (χ0v) is 16.2. The van der Waals surface area contributed by atoms with Crippen LogP contribution in [0.2, 0.25) is 0 Å². The van der Waals surface area contributed by atoms with E-state index in [0.717, 1.165) is 38.5 Å². The fourth-order valence-electron chi connectivity index (χ4n) is 2.59. The smallest absolute Gasteiger partial charge is 0.550 e. The number of aliphatic carboxylic acids is 1. The monoisotopic (exact) mass is 332 g/mol. The van der Waals surface area contributed by atoms with Crippen LogP contribution in [-0.4, -0.2) is 5.97 Å². The molecule has 4 heteroatoms. The van der Waals surface area contributed by atoms with Gasteiger partial charge in [-0.05, 0) is 42.4 Å². The number of carboxylic acids is 1. The van der Waals surface area contributed by atoms with Gasteiger partial charge in [0.2, 0.25) is 0 Å². The molecule has 0 aliphatic rings. The third kappa shape index (κ3) is 9.49. The van der Waals surface area contributed by atoms with Crippen LogP contribution in [0.15, 0.2) is 12.1 Å². The molecule has 0 aliphatic heterocycles. The fourth-order valence-corrected chi connectivity index (χ4v) is 2.59. The maximum absolute atomic E-state index is 14.5. The predicted octanol–water partition coefficient (Wildman–Crippen LogP) is 1.22. The number of aryl methyl sites for hydroxylation is 2. The second kappa shape index (κ2) is 14.0. The van der Waals surface area contributed by atoms with E-state index in [0.29, 0.717) is 29.5 Å². The van der Waals surface area contributed by atoms with Crippen LogP contribution >= 0.6 is 0 Å². The summed E-state index contributed by atoms with van der Waals surface area (Å²) in [7, 11) is 0. The molecule has 2 nitrogen and oxygen atoms in total. The van der Waals surface area contributed by atoms with Crippen LogP contribution in [0.1, 0.15) is 76.5 Å². The van der Waals surface area contributed by atoms with E-state index >= 15 is 0 Å². The van der Waals surface area contributed by atoms with Gasteiger partial charge < -0.3 is 9.90 Å². The number of hydrogen-bond donors (Lipinski definition) is 0. The third-order valence-corrected chi connectivity index (χ3v) is 3.73. The van der Waals surface area contributed by atoms with E-state index in [1.165, 1.54) is 0 Å². The standard InChI is InChI=1S/C18H27FO2.CH4.Na/c1-3-5-7-9-15-11-14(13-17(20)21)12-16(18(15)19)10-8-6-4-2;;/h11-12H,3-10,13H2,1-2H3,(H,20,21);1H4;/q;;+1/p-1. The number of hydrogen-bond acceptors (Lipinski definition) is 2. The van der Waals surface area contributed by atoms with Crippen LogP contribution in [0, 0.1) is 5.82 Å². The number of halogens is 1. The molecular formula is C19H30FNaO2. The van der Waals surface area contributed by atoms with Crippen molar-refractivity contribution < 1.29 is 43.8 Å². The summed E-state index contributed by atoms with van der Waals surface area (Å²) < 4.78 is 14.5. The van der Waals surface area contributed by atoms with Crippen molar-refractivity contribution >= 4 is 5.97 Å². The topological polar surface area (TPSA) is 40.1 Å². The summed E-state index contributed by atoms with van der Waals surface area (Å²) in [6, 6.07) is 3.40. The summed E-state index contributed by atoms with van der Waals surface area (Å²) in [6.45, 7) is 4.22. The molecule has 1 aromatic rings. The molecule has 0 N–H and O–H groups in total. The van der Waals surface area contributed by atoms with Crippen LogP contribution in [0.3, 0.4) is 0 Å². The van der Waals surface area contributed by atoms with E-state index in [1.54, 1.807) is 12.1 Å². The van der Waals surface area contributed by atoms with Crippen LogP contribution < -0.4 is 34.7 Å². The number of rotatable bonds is 10. The first-order chi connectivity index (χ1) is 10.1. The van der Waals surface area contributed by atoms with Crippen molar-refractivity contribution in [3.8, 4) is 0 Å². The fraction of sp³-hybridized carbons (Fsp3) is 0.632. The molecule has 0 saturated heterocycles.